The molecule has 0 spiro atoms. The van der Waals surface area contributed by atoms with Gasteiger partial charge in [0.05, 0.1) is 18.4 Å². The zero-order valence-electron chi connectivity index (χ0n) is 9.82. The predicted molar refractivity (Wildman–Crippen MR) is 62.3 cm³/mol. The van der Waals surface area contributed by atoms with Crippen LogP contribution in [0.1, 0.15) is 25.7 Å². The van der Waals surface area contributed by atoms with Crippen LogP contribution in [-0.2, 0) is 9.53 Å². The Morgan fingerprint density at radius 3 is 3.00 bits per heavy atom. The number of nitriles is 1. The summed E-state index contributed by atoms with van der Waals surface area (Å²) in [7, 11) is 1.37. The first-order valence-corrected chi connectivity index (χ1v) is 5.77. The second-order valence-corrected chi connectivity index (χ2v) is 4.16. The van der Waals surface area contributed by atoms with E-state index in [4.69, 9.17) is 0 Å². The summed E-state index contributed by atoms with van der Waals surface area (Å²) in [4.78, 5) is 15.7. The van der Waals surface area contributed by atoms with Crippen LogP contribution < -0.4 is 5.32 Å². The van der Waals surface area contributed by atoms with E-state index in [-0.39, 0.29) is 12.0 Å². The van der Waals surface area contributed by atoms with Crippen molar-refractivity contribution in [2.24, 2.45) is 4.99 Å². The Morgan fingerprint density at radius 2 is 2.41 bits per heavy atom. The lowest BCUT2D eigenvalue weighted by molar-refractivity contribution is -0.142. The van der Waals surface area contributed by atoms with Crippen LogP contribution in [0.3, 0.4) is 0 Å². The van der Waals surface area contributed by atoms with Crippen LogP contribution in [0, 0.1) is 11.3 Å². The lowest BCUT2D eigenvalue weighted by Crippen LogP contribution is -2.31. The Hall–Kier alpha value is -1.83. The van der Waals surface area contributed by atoms with Gasteiger partial charge in [0.15, 0.2) is 0 Å². The van der Waals surface area contributed by atoms with E-state index in [0.29, 0.717) is 18.4 Å². The van der Waals surface area contributed by atoms with Crippen molar-refractivity contribution in [2.75, 3.05) is 13.7 Å². The Balaban J connectivity index is 2.16. The largest absolute Gasteiger partial charge is 0.467 e. The quantitative estimate of drug-likeness (QED) is 0.568. The minimum Gasteiger partial charge on any atom is -0.467 e. The van der Waals surface area contributed by atoms with Crippen molar-refractivity contribution in [3.8, 4) is 6.07 Å². The maximum atomic E-state index is 11.4. The molecule has 0 aliphatic carbocycles. The minimum absolute atomic E-state index is 0.273. The maximum absolute atomic E-state index is 11.4. The van der Waals surface area contributed by atoms with E-state index >= 15 is 0 Å². The summed E-state index contributed by atoms with van der Waals surface area (Å²) in [5.74, 6) is -0.273. The van der Waals surface area contributed by atoms with Gasteiger partial charge in [-0.3, -0.25) is 4.99 Å². The molecule has 17 heavy (non-hydrogen) atoms. The van der Waals surface area contributed by atoms with E-state index in [1.165, 1.54) is 7.11 Å². The van der Waals surface area contributed by atoms with Crippen molar-refractivity contribution in [3.05, 3.63) is 11.3 Å². The third-order valence-corrected chi connectivity index (χ3v) is 3.09. The average Bonchev–Trinajstić information content (AvgIpc) is 3.00. The van der Waals surface area contributed by atoms with Crippen molar-refractivity contribution < 1.29 is 9.53 Å². The van der Waals surface area contributed by atoms with Crippen LogP contribution in [0.2, 0.25) is 0 Å². The lowest BCUT2D eigenvalue weighted by Gasteiger charge is -2.09. The molecular weight excluding hydrogens is 218 g/mol. The highest BCUT2D eigenvalue weighted by atomic mass is 16.5. The third kappa shape index (κ3) is 2.31. The number of nitrogens with one attached hydrogen (secondary N) is 1. The van der Waals surface area contributed by atoms with Gasteiger partial charge >= 0.3 is 5.97 Å². The summed E-state index contributed by atoms with van der Waals surface area (Å²) in [6.45, 7) is 0.800. The third-order valence-electron chi connectivity index (χ3n) is 3.09. The number of methoxy groups -OCH3 is 1. The van der Waals surface area contributed by atoms with Gasteiger partial charge < -0.3 is 10.1 Å². The van der Waals surface area contributed by atoms with Gasteiger partial charge in [-0.2, -0.15) is 5.26 Å². The van der Waals surface area contributed by atoms with Gasteiger partial charge in [-0.05, 0) is 25.7 Å². The highest BCUT2D eigenvalue weighted by Gasteiger charge is 2.29. The summed E-state index contributed by atoms with van der Waals surface area (Å²) >= 11 is 0. The van der Waals surface area contributed by atoms with Crippen LogP contribution in [0.4, 0.5) is 0 Å². The molecule has 2 heterocycles. The van der Waals surface area contributed by atoms with Crippen molar-refractivity contribution >= 4 is 11.7 Å². The molecule has 5 heteroatoms. The molecule has 0 radical (unpaired) electrons. The monoisotopic (exact) mass is 233 g/mol. The topological polar surface area (TPSA) is 74.5 Å². The van der Waals surface area contributed by atoms with Gasteiger partial charge in [0.25, 0.3) is 0 Å². The van der Waals surface area contributed by atoms with E-state index in [0.717, 1.165) is 30.8 Å². The van der Waals surface area contributed by atoms with Crippen molar-refractivity contribution in [1.29, 1.82) is 5.26 Å². The van der Waals surface area contributed by atoms with Crippen LogP contribution in [0.5, 0.6) is 0 Å². The number of carbonyl (C=O) groups excluding carboxylic acids is 1. The van der Waals surface area contributed by atoms with Crippen LogP contribution in [0.15, 0.2) is 16.3 Å². The van der Waals surface area contributed by atoms with Gasteiger partial charge in [0, 0.05) is 12.2 Å². The second kappa shape index (κ2) is 5.00. The van der Waals surface area contributed by atoms with E-state index in [1.807, 2.05) is 0 Å². The first kappa shape index (κ1) is 11.6. The Kier molecular flexibility index (Phi) is 3.43. The number of carbonyl (C=O) groups is 1. The first-order chi connectivity index (χ1) is 8.26. The molecule has 0 aromatic carbocycles. The number of rotatable bonds is 2. The first-order valence-electron chi connectivity index (χ1n) is 5.77. The van der Waals surface area contributed by atoms with Gasteiger partial charge in [-0.1, -0.05) is 0 Å². The standard InChI is InChI=1S/C12H15N3O2/c1-17-12(16)11-5-4-10(15-11)8(7-13)9-3-2-6-14-9/h11,15H,2-6H2,1H3/b10-8+. The Morgan fingerprint density at radius 1 is 1.59 bits per heavy atom. The molecular formula is C12H15N3O2. The fourth-order valence-electron chi connectivity index (χ4n) is 2.21. The normalized spacial score (nSPS) is 25.9. The molecule has 0 saturated carbocycles. The number of esters is 1. The highest BCUT2D eigenvalue weighted by Crippen LogP contribution is 2.23. The van der Waals surface area contributed by atoms with Crippen molar-refractivity contribution in [3.63, 3.8) is 0 Å². The summed E-state index contributed by atoms with van der Waals surface area (Å²) in [5, 5.41) is 12.3. The van der Waals surface area contributed by atoms with Gasteiger partial charge in [0.1, 0.15) is 12.1 Å². The molecule has 1 fully saturated rings. The molecule has 1 N–H and O–H groups in total. The molecule has 2 aliphatic heterocycles. The van der Waals surface area contributed by atoms with Gasteiger partial charge in [0.2, 0.25) is 0 Å². The lowest BCUT2D eigenvalue weighted by atomic mass is 10.1. The van der Waals surface area contributed by atoms with Gasteiger partial charge in [-0.25, -0.2) is 4.79 Å². The molecule has 0 aromatic heterocycles. The molecule has 5 nitrogen and oxygen atoms in total. The summed E-state index contributed by atoms with van der Waals surface area (Å²) in [5.41, 5.74) is 2.33. The van der Waals surface area contributed by atoms with Crippen molar-refractivity contribution in [1.82, 2.24) is 5.32 Å². The molecule has 1 atom stereocenters. The van der Waals surface area contributed by atoms with Crippen LogP contribution >= 0.6 is 0 Å². The van der Waals surface area contributed by atoms with E-state index in [2.05, 4.69) is 21.1 Å². The molecule has 1 unspecified atom stereocenters. The zero-order valence-corrected chi connectivity index (χ0v) is 9.82. The number of hydrogen-bond donors (Lipinski definition) is 1. The summed E-state index contributed by atoms with van der Waals surface area (Å²) in [6.07, 6.45) is 3.26. The van der Waals surface area contributed by atoms with Gasteiger partial charge in [-0.15, -0.1) is 0 Å². The molecule has 0 amide bonds. The number of hydrogen-bond acceptors (Lipinski definition) is 5. The molecule has 0 aromatic rings. The van der Waals surface area contributed by atoms with Crippen LogP contribution in [-0.4, -0.2) is 31.4 Å². The Labute approximate surface area is 100 Å². The average molecular weight is 233 g/mol. The van der Waals surface area contributed by atoms with E-state index in [1.54, 1.807) is 0 Å². The smallest absolute Gasteiger partial charge is 0.328 e. The number of allylic oxidation sites excluding steroid dienone is 2. The van der Waals surface area contributed by atoms with Crippen LogP contribution in [0.25, 0.3) is 0 Å². The molecule has 0 bridgehead atoms. The summed E-state index contributed by atoms with van der Waals surface area (Å²) in [6, 6.07) is 1.88. The zero-order chi connectivity index (χ0) is 12.3. The number of nitrogens with zero attached hydrogens (tertiary/aromatic N) is 2. The molecule has 90 valence electrons. The second-order valence-electron chi connectivity index (χ2n) is 4.16. The Bertz CT molecular complexity index is 432. The SMILES string of the molecule is COC(=O)C1CC/C(=C(/C#N)C2=NCCC2)N1. The van der Waals surface area contributed by atoms with Crippen molar-refractivity contribution in [2.45, 2.75) is 31.7 Å². The predicted octanol–water partition coefficient (Wildman–Crippen LogP) is 0.924. The maximum Gasteiger partial charge on any atom is 0.328 e. The summed E-state index contributed by atoms with van der Waals surface area (Å²) < 4.78 is 4.68. The highest BCUT2D eigenvalue weighted by molar-refractivity contribution is 6.05. The minimum atomic E-state index is -0.319. The fourth-order valence-corrected chi connectivity index (χ4v) is 2.21. The van der Waals surface area contributed by atoms with E-state index < -0.39 is 0 Å². The molecule has 1 saturated heterocycles. The fraction of sp³-hybridized carbons (Fsp3) is 0.583. The molecule has 2 aliphatic rings. The van der Waals surface area contributed by atoms with E-state index in [9.17, 15) is 10.1 Å². The number of ether oxygens (including phenoxy) is 1. The molecule has 2 rings (SSSR count). The number of aliphatic imine (C=N–C) groups is 1.